The predicted octanol–water partition coefficient (Wildman–Crippen LogP) is 5.72. The van der Waals surface area contributed by atoms with E-state index in [4.69, 9.17) is 14.2 Å². The molecule has 0 bridgehead atoms. The molecule has 1 aromatic rings. The number of hydrogen-bond acceptors (Lipinski definition) is 4. The number of ether oxygens (including phenoxy) is 3. The molecule has 1 aromatic carbocycles. The van der Waals surface area contributed by atoms with Crippen LogP contribution in [-0.2, 0) is 9.53 Å². The number of rotatable bonds is 12. The maximum Gasteiger partial charge on any atom is 0.174 e. The van der Waals surface area contributed by atoms with Gasteiger partial charge in [0.1, 0.15) is 11.3 Å². The van der Waals surface area contributed by atoms with Crippen LogP contribution in [0.1, 0.15) is 57.9 Å². The molecule has 148 valence electrons. The Morgan fingerprint density at radius 3 is 2.33 bits per heavy atom. The summed E-state index contributed by atoms with van der Waals surface area (Å²) in [7, 11) is 4.77. The van der Waals surface area contributed by atoms with E-state index in [0.29, 0.717) is 29.3 Å². The number of ketones is 1. The lowest BCUT2D eigenvalue weighted by atomic mass is 10.0. The Hall–Kier alpha value is -2.45. The van der Waals surface area contributed by atoms with Crippen molar-refractivity contribution in [1.82, 2.24) is 0 Å². The van der Waals surface area contributed by atoms with Crippen molar-refractivity contribution in [3.8, 4) is 11.5 Å². The molecule has 0 fully saturated rings. The summed E-state index contributed by atoms with van der Waals surface area (Å²) < 4.78 is 16.2. The zero-order valence-corrected chi connectivity index (χ0v) is 17.3. The molecule has 0 N–H and O–H groups in total. The van der Waals surface area contributed by atoms with E-state index < -0.39 is 0 Å². The van der Waals surface area contributed by atoms with Gasteiger partial charge in [-0.05, 0) is 49.1 Å². The molecule has 0 radical (unpaired) electrons. The average molecular weight is 373 g/mol. The largest absolute Gasteiger partial charge is 0.495 e. The van der Waals surface area contributed by atoms with Gasteiger partial charge in [0.25, 0.3) is 0 Å². The van der Waals surface area contributed by atoms with E-state index in [1.54, 1.807) is 21.3 Å². The lowest BCUT2D eigenvalue weighted by Crippen LogP contribution is -2.06. The van der Waals surface area contributed by atoms with Crippen LogP contribution in [0.3, 0.4) is 0 Å². The topological polar surface area (TPSA) is 44.8 Å². The van der Waals surface area contributed by atoms with E-state index in [-0.39, 0.29) is 5.78 Å². The molecular weight excluding hydrogens is 340 g/mol. The van der Waals surface area contributed by atoms with Crippen molar-refractivity contribution in [3.63, 3.8) is 0 Å². The summed E-state index contributed by atoms with van der Waals surface area (Å²) in [6.45, 7) is 4.22. The van der Waals surface area contributed by atoms with E-state index in [0.717, 1.165) is 37.7 Å². The first-order chi connectivity index (χ1) is 13.1. The molecule has 4 heteroatoms. The van der Waals surface area contributed by atoms with Crippen LogP contribution in [-0.4, -0.2) is 27.1 Å². The van der Waals surface area contributed by atoms with Gasteiger partial charge in [0, 0.05) is 6.42 Å². The van der Waals surface area contributed by atoms with Crippen molar-refractivity contribution >= 4 is 11.9 Å². The van der Waals surface area contributed by atoms with Crippen LogP contribution in [0.2, 0.25) is 0 Å². The summed E-state index contributed by atoms with van der Waals surface area (Å²) >= 11 is 0. The molecule has 0 atom stereocenters. The highest BCUT2D eigenvalue weighted by atomic mass is 16.5. The Kier molecular flexibility index (Phi) is 10.7. The molecule has 1 rings (SSSR count). The first-order valence-corrected chi connectivity index (χ1v) is 9.57. The molecule has 0 amide bonds. The number of carbonyl (C=O) groups is 1. The highest BCUT2D eigenvalue weighted by Gasteiger charge is 2.15. The molecule has 4 nitrogen and oxygen atoms in total. The van der Waals surface area contributed by atoms with Crippen molar-refractivity contribution in [3.05, 3.63) is 46.9 Å². The third-order valence-electron chi connectivity index (χ3n) is 4.16. The fraction of sp³-hybridized carbons (Fsp3) is 0.478. The molecule has 0 aliphatic heterocycles. The zero-order valence-electron chi connectivity index (χ0n) is 17.3. The van der Waals surface area contributed by atoms with Crippen molar-refractivity contribution in [2.45, 2.75) is 52.4 Å². The molecule has 0 unspecified atom stereocenters. The monoisotopic (exact) mass is 372 g/mol. The lowest BCUT2D eigenvalue weighted by Gasteiger charge is -2.11. The minimum atomic E-state index is 0.0539. The number of benzene rings is 1. The molecule has 0 saturated carbocycles. The Labute approximate surface area is 163 Å². The minimum Gasteiger partial charge on any atom is -0.495 e. The molecule has 27 heavy (non-hydrogen) atoms. The first-order valence-electron chi connectivity index (χ1n) is 9.57. The fourth-order valence-electron chi connectivity index (χ4n) is 2.56. The third kappa shape index (κ3) is 7.36. The van der Waals surface area contributed by atoms with Crippen LogP contribution in [0, 0.1) is 0 Å². The summed E-state index contributed by atoms with van der Waals surface area (Å²) in [6, 6.07) is 5.58. The number of methoxy groups -OCH3 is 3. The minimum absolute atomic E-state index is 0.0539. The summed E-state index contributed by atoms with van der Waals surface area (Å²) in [5, 5.41) is 0. The van der Waals surface area contributed by atoms with Gasteiger partial charge in [0.2, 0.25) is 0 Å². The normalized spacial score (nSPS) is 10.8. The van der Waals surface area contributed by atoms with Gasteiger partial charge < -0.3 is 14.2 Å². The van der Waals surface area contributed by atoms with Gasteiger partial charge in [-0.1, -0.05) is 32.8 Å². The van der Waals surface area contributed by atoms with E-state index in [9.17, 15) is 4.79 Å². The average Bonchev–Trinajstić information content (AvgIpc) is 2.70. The quantitative estimate of drug-likeness (QED) is 0.155. The van der Waals surface area contributed by atoms with Crippen LogP contribution < -0.4 is 9.47 Å². The maximum atomic E-state index is 12.7. The smallest absolute Gasteiger partial charge is 0.174 e. The molecule has 0 saturated heterocycles. The van der Waals surface area contributed by atoms with E-state index in [1.165, 1.54) is 0 Å². The second kappa shape index (κ2) is 12.8. The first kappa shape index (κ1) is 22.6. The zero-order chi connectivity index (χ0) is 20.1. The van der Waals surface area contributed by atoms with Gasteiger partial charge in [0.15, 0.2) is 17.3 Å². The van der Waals surface area contributed by atoms with Crippen molar-refractivity contribution < 1.29 is 19.0 Å². The van der Waals surface area contributed by atoms with Crippen LogP contribution >= 0.6 is 0 Å². The number of Topliss-reactive ketones (excluding diaryl/α,β-unsaturated/α-hetero) is 1. The molecule has 0 aliphatic carbocycles. The SMILES string of the molecule is CCCCC=C=C(C(=O)CCCC)/C(=C\c1ccc(OC)c(OC)c1)OC. The second-order valence-corrected chi connectivity index (χ2v) is 6.22. The Balaban J connectivity index is 3.28. The van der Waals surface area contributed by atoms with Crippen molar-refractivity contribution in [1.29, 1.82) is 0 Å². The van der Waals surface area contributed by atoms with Crippen molar-refractivity contribution in [2.75, 3.05) is 21.3 Å². The van der Waals surface area contributed by atoms with Crippen LogP contribution in [0.15, 0.2) is 41.3 Å². The highest BCUT2D eigenvalue weighted by molar-refractivity contribution is 5.99. The molecule has 0 spiro atoms. The van der Waals surface area contributed by atoms with Crippen LogP contribution in [0.4, 0.5) is 0 Å². The van der Waals surface area contributed by atoms with Gasteiger partial charge in [-0.25, -0.2) is 0 Å². The summed E-state index contributed by atoms with van der Waals surface area (Å²) in [5.41, 5.74) is 4.54. The Bertz CT molecular complexity index is 694. The summed E-state index contributed by atoms with van der Waals surface area (Å²) in [6.07, 6.45) is 9.17. The van der Waals surface area contributed by atoms with Gasteiger partial charge >= 0.3 is 0 Å². The molecule has 0 aromatic heterocycles. The van der Waals surface area contributed by atoms with Crippen molar-refractivity contribution in [2.24, 2.45) is 0 Å². The van der Waals surface area contributed by atoms with E-state index >= 15 is 0 Å². The van der Waals surface area contributed by atoms with Gasteiger partial charge in [-0.2, -0.15) is 0 Å². The van der Waals surface area contributed by atoms with Crippen LogP contribution in [0.25, 0.3) is 6.08 Å². The number of carbonyl (C=O) groups excluding carboxylic acids is 1. The molecule has 0 aliphatic rings. The summed E-state index contributed by atoms with van der Waals surface area (Å²) in [4.78, 5) is 12.7. The van der Waals surface area contributed by atoms with Crippen LogP contribution in [0.5, 0.6) is 11.5 Å². The second-order valence-electron chi connectivity index (χ2n) is 6.22. The highest BCUT2D eigenvalue weighted by Crippen LogP contribution is 2.29. The standard InChI is InChI=1S/C23H32O4/c1-6-8-10-11-12-19(20(24)13-9-7-2)22(26-4)16-18-14-15-21(25-3)23(17-18)27-5/h11,14-17H,6-10,13H2,1-5H3/b22-16+. The van der Waals surface area contributed by atoms with E-state index in [2.05, 4.69) is 19.6 Å². The fourth-order valence-corrected chi connectivity index (χ4v) is 2.56. The molecule has 0 heterocycles. The van der Waals surface area contributed by atoms with Gasteiger partial charge in [-0.3, -0.25) is 4.79 Å². The third-order valence-corrected chi connectivity index (χ3v) is 4.16. The molecular formula is C23H32O4. The van der Waals surface area contributed by atoms with Gasteiger partial charge in [0.05, 0.1) is 21.3 Å². The number of allylic oxidation sites excluding steroid dienone is 1. The predicted molar refractivity (Wildman–Crippen MR) is 110 cm³/mol. The Morgan fingerprint density at radius 2 is 1.74 bits per heavy atom. The summed E-state index contributed by atoms with van der Waals surface area (Å²) in [5.74, 6) is 1.85. The lowest BCUT2D eigenvalue weighted by molar-refractivity contribution is -0.115. The van der Waals surface area contributed by atoms with Gasteiger partial charge in [-0.15, -0.1) is 5.73 Å². The number of unbranched alkanes of at least 4 members (excludes halogenated alkanes) is 3. The van der Waals surface area contributed by atoms with E-state index in [1.807, 2.05) is 30.4 Å². The maximum absolute atomic E-state index is 12.7. The Morgan fingerprint density at radius 1 is 1.04 bits per heavy atom. The number of hydrogen-bond donors (Lipinski definition) is 0.